The average molecular weight is 254 g/mol. The summed E-state index contributed by atoms with van der Waals surface area (Å²) in [5.41, 5.74) is 1.08. The van der Waals surface area contributed by atoms with E-state index in [2.05, 4.69) is 4.98 Å². The maximum Gasteiger partial charge on any atom is 0.263 e. The number of nitrogens with zero attached hydrogens (tertiary/aromatic N) is 1. The van der Waals surface area contributed by atoms with Crippen LogP contribution >= 0.6 is 23.6 Å². The van der Waals surface area contributed by atoms with E-state index in [0.29, 0.717) is 4.77 Å². The van der Waals surface area contributed by atoms with Gasteiger partial charge in [0.2, 0.25) is 0 Å². The lowest BCUT2D eigenvalue weighted by atomic mass is 10.2. The van der Waals surface area contributed by atoms with Crippen molar-refractivity contribution in [3.63, 3.8) is 0 Å². The first-order valence-corrected chi connectivity index (χ1v) is 6.40. The van der Waals surface area contributed by atoms with E-state index in [1.165, 1.54) is 4.88 Å². The molecule has 0 aliphatic carbocycles. The third kappa shape index (κ3) is 1.55. The Morgan fingerprint density at radius 3 is 2.56 bits per heavy atom. The normalized spacial score (nSPS) is 11.6. The van der Waals surface area contributed by atoms with Gasteiger partial charge in [-0.2, -0.15) is 0 Å². The molecule has 0 saturated heterocycles. The Bertz CT molecular complexity index is 661. The molecule has 0 amide bonds. The van der Waals surface area contributed by atoms with E-state index in [1.807, 2.05) is 27.7 Å². The van der Waals surface area contributed by atoms with E-state index in [0.717, 1.165) is 15.8 Å². The van der Waals surface area contributed by atoms with Crippen molar-refractivity contribution >= 4 is 33.8 Å². The highest BCUT2D eigenvalue weighted by molar-refractivity contribution is 7.71. The Morgan fingerprint density at radius 1 is 1.38 bits per heavy atom. The van der Waals surface area contributed by atoms with Crippen LogP contribution in [0.1, 0.15) is 30.3 Å². The molecule has 2 heterocycles. The first-order chi connectivity index (χ1) is 7.43. The van der Waals surface area contributed by atoms with Gasteiger partial charge in [0.25, 0.3) is 5.56 Å². The van der Waals surface area contributed by atoms with Gasteiger partial charge < -0.3 is 4.98 Å². The molecule has 0 atom stereocenters. The minimum Gasteiger partial charge on any atom is -0.323 e. The number of aromatic amines is 1. The summed E-state index contributed by atoms with van der Waals surface area (Å²) in [7, 11) is 0. The van der Waals surface area contributed by atoms with Crippen molar-refractivity contribution in [2.75, 3.05) is 0 Å². The number of hydrogen-bond donors (Lipinski definition) is 1. The number of aryl methyl sites for hydroxylation is 2. The van der Waals surface area contributed by atoms with Crippen molar-refractivity contribution in [3.8, 4) is 0 Å². The number of fused-ring (bicyclic) bond motifs is 1. The molecule has 2 rings (SSSR count). The molecule has 3 nitrogen and oxygen atoms in total. The first kappa shape index (κ1) is 11.5. The third-order valence-electron chi connectivity index (χ3n) is 2.77. The van der Waals surface area contributed by atoms with Crippen molar-refractivity contribution < 1.29 is 0 Å². The van der Waals surface area contributed by atoms with Crippen LogP contribution in [0.15, 0.2) is 4.79 Å². The number of aromatic nitrogens is 2. The van der Waals surface area contributed by atoms with Crippen molar-refractivity contribution in [2.24, 2.45) is 0 Å². The molecular formula is C11H14N2OS2. The van der Waals surface area contributed by atoms with Gasteiger partial charge in [-0.05, 0) is 45.5 Å². The Hall–Kier alpha value is -0.940. The van der Waals surface area contributed by atoms with E-state index in [4.69, 9.17) is 12.2 Å². The summed E-state index contributed by atoms with van der Waals surface area (Å²) in [6.07, 6.45) is 0. The van der Waals surface area contributed by atoms with Gasteiger partial charge in [0, 0.05) is 10.9 Å². The smallest absolute Gasteiger partial charge is 0.263 e. The summed E-state index contributed by atoms with van der Waals surface area (Å²) in [5, 5.41) is 0.782. The van der Waals surface area contributed by atoms with Crippen LogP contribution in [0.5, 0.6) is 0 Å². The molecule has 0 aromatic carbocycles. The molecule has 16 heavy (non-hydrogen) atoms. The van der Waals surface area contributed by atoms with Crippen LogP contribution < -0.4 is 5.56 Å². The molecule has 0 bridgehead atoms. The molecule has 0 aliphatic rings. The Morgan fingerprint density at radius 2 is 2.00 bits per heavy atom. The van der Waals surface area contributed by atoms with E-state index < -0.39 is 0 Å². The maximum atomic E-state index is 12.3. The van der Waals surface area contributed by atoms with E-state index in [9.17, 15) is 4.79 Å². The summed E-state index contributed by atoms with van der Waals surface area (Å²) in [6, 6.07) is 0.0836. The summed E-state index contributed by atoms with van der Waals surface area (Å²) in [4.78, 5) is 17.5. The molecule has 0 radical (unpaired) electrons. The van der Waals surface area contributed by atoms with Crippen LogP contribution in [0.25, 0.3) is 10.2 Å². The van der Waals surface area contributed by atoms with Gasteiger partial charge in [-0.25, -0.2) is 0 Å². The number of hydrogen-bond acceptors (Lipinski definition) is 3. The van der Waals surface area contributed by atoms with Crippen LogP contribution in [0.3, 0.4) is 0 Å². The van der Waals surface area contributed by atoms with Gasteiger partial charge >= 0.3 is 0 Å². The molecule has 2 aromatic heterocycles. The predicted octanol–water partition coefficient (Wildman–Crippen LogP) is 3.32. The van der Waals surface area contributed by atoms with Gasteiger partial charge in [-0.15, -0.1) is 11.3 Å². The Labute approximate surface area is 103 Å². The lowest BCUT2D eigenvalue weighted by Crippen LogP contribution is -2.23. The minimum absolute atomic E-state index is 0.0237. The summed E-state index contributed by atoms with van der Waals surface area (Å²) in [5.74, 6) is 0. The van der Waals surface area contributed by atoms with Crippen LogP contribution in [0.2, 0.25) is 0 Å². The molecule has 1 N–H and O–H groups in total. The molecule has 0 saturated carbocycles. The van der Waals surface area contributed by atoms with E-state index >= 15 is 0 Å². The molecule has 0 aliphatic heterocycles. The van der Waals surface area contributed by atoms with E-state index in [-0.39, 0.29) is 11.6 Å². The fraction of sp³-hybridized carbons (Fsp3) is 0.455. The van der Waals surface area contributed by atoms with Crippen LogP contribution in [-0.2, 0) is 0 Å². The number of nitrogens with one attached hydrogen (secondary N) is 1. The number of H-pyrrole nitrogens is 1. The first-order valence-electron chi connectivity index (χ1n) is 5.18. The zero-order valence-corrected chi connectivity index (χ0v) is 11.4. The molecule has 86 valence electrons. The zero-order chi connectivity index (χ0) is 12.0. The molecule has 0 fully saturated rings. The lowest BCUT2D eigenvalue weighted by molar-refractivity contribution is 0.565. The van der Waals surface area contributed by atoms with Crippen molar-refractivity contribution in [3.05, 3.63) is 25.6 Å². The maximum absolute atomic E-state index is 12.3. The molecule has 0 spiro atoms. The Kier molecular flexibility index (Phi) is 2.75. The molecular weight excluding hydrogens is 240 g/mol. The Balaban J connectivity index is 3.03. The monoisotopic (exact) mass is 254 g/mol. The standard InChI is InChI=1S/C11H14N2OS2/c1-5(2)13-10(14)8-6(3)7(4)16-9(8)12-11(13)15/h5H,1-4H3,(H,12,15). The van der Waals surface area contributed by atoms with Crippen molar-refractivity contribution in [1.82, 2.24) is 9.55 Å². The highest BCUT2D eigenvalue weighted by Crippen LogP contribution is 2.26. The number of rotatable bonds is 1. The van der Waals surface area contributed by atoms with Gasteiger partial charge in [0.05, 0.1) is 5.39 Å². The quantitative estimate of drug-likeness (QED) is 0.793. The van der Waals surface area contributed by atoms with Gasteiger partial charge in [-0.1, -0.05) is 0 Å². The van der Waals surface area contributed by atoms with Gasteiger partial charge in [-0.3, -0.25) is 9.36 Å². The van der Waals surface area contributed by atoms with E-state index in [1.54, 1.807) is 15.9 Å². The molecule has 5 heteroatoms. The van der Waals surface area contributed by atoms with Crippen molar-refractivity contribution in [2.45, 2.75) is 33.7 Å². The highest BCUT2D eigenvalue weighted by atomic mass is 32.1. The summed E-state index contributed by atoms with van der Waals surface area (Å²) in [6.45, 7) is 7.93. The average Bonchev–Trinajstić information content (AvgIpc) is 2.41. The summed E-state index contributed by atoms with van der Waals surface area (Å²) >= 11 is 6.80. The van der Waals surface area contributed by atoms with Crippen LogP contribution in [0.4, 0.5) is 0 Å². The van der Waals surface area contributed by atoms with Crippen molar-refractivity contribution in [1.29, 1.82) is 0 Å². The second kappa shape index (κ2) is 3.82. The van der Waals surface area contributed by atoms with Crippen LogP contribution in [0, 0.1) is 18.6 Å². The molecule has 0 unspecified atom stereocenters. The second-order valence-corrected chi connectivity index (χ2v) is 5.80. The minimum atomic E-state index is 0.0237. The largest absolute Gasteiger partial charge is 0.323 e. The SMILES string of the molecule is Cc1sc2[nH]c(=S)n(C(C)C)c(=O)c2c1C. The van der Waals surface area contributed by atoms with Gasteiger partial charge in [0.15, 0.2) is 4.77 Å². The third-order valence-corrected chi connectivity index (χ3v) is 4.20. The number of thiophene rings is 1. The fourth-order valence-electron chi connectivity index (χ4n) is 1.81. The van der Waals surface area contributed by atoms with Gasteiger partial charge in [0.1, 0.15) is 4.83 Å². The lowest BCUT2D eigenvalue weighted by Gasteiger charge is -2.09. The molecule has 2 aromatic rings. The topological polar surface area (TPSA) is 37.8 Å². The zero-order valence-electron chi connectivity index (χ0n) is 9.75. The summed E-state index contributed by atoms with van der Waals surface area (Å²) < 4.78 is 2.14. The predicted molar refractivity (Wildman–Crippen MR) is 71.1 cm³/mol. The van der Waals surface area contributed by atoms with Crippen LogP contribution in [-0.4, -0.2) is 9.55 Å². The highest BCUT2D eigenvalue weighted by Gasteiger charge is 2.13. The fourth-order valence-corrected chi connectivity index (χ4v) is 3.32. The second-order valence-electron chi connectivity index (χ2n) is 4.19.